The van der Waals surface area contributed by atoms with Gasteiger partial charge in [-0.1, -0.05) is 11.3 Å². The molecule has 5 rings (SSSR count). The van der Waals surface area contributed by atoms with Crippen LogP contribution in [0.4, 0.5) is 26.0 Å². The number of hydrogen-bond donors (Lipinski definition) is 1. The Balaban J connectivity index is 1.43. The third-order valence-electron chi connectivity index (χ3n) is 6.28. The van der Waals surface area contributed by atoms with E-state index >= 15 is 0 Å². The van der Waals surface area contributed by atoms with Crippen LogP contribution in [0.15, 0.2) is 42.6 Å². The van der Waals surface area contributed by atoms with Crippen molar-refractivity contribution >= 4 is 27.2 Å². The minimum absolute atomic E-state index is 0.182. The van der Waals surface area contributed by atoms with Gasteiger partial charge in [-0.3, -0.25) is 4.72 Å². The number of hydrogen-bond acceptors (Lipinski definition) is 7. The predicted octanol–water partition coefficient (Wildman–Crippen LogP) is 3.54. The highest BCUT2D eigenvalue weighted by atomic mass is 32.2. The number of anilines is 3. The molecule has 0 bridgehead atoms. The number of pyridine rings is 1. The lowest BCUT2D eigenvalue weighted by Crippen LogP contribution is -2.39. The lowest BCUT2D eigenvalue weighted by atomic mass is 10.1. The minimum atomic E-state index is -3.40. The van der Waals surface area contributed by atoms with E-state index in [1.165, 1.54) is 0 Å². The molecule has 9 nitrogen and oxygen atoms in total. The number of nitrogens with zero attached hydrogens (tertiary/aromatic N) is 6. The summed E-state index contributed by atoms with van der Waals surface area (Å²) in [6.45, 7) is 2.25. The van der Waals surface area contributed by atoms with Gasteiger partial charge in [-0.05, 0) is 43.2 Å². The summed E-state index contributed by atoms with van der Waals surface area (Å²) in [5.41, 5.74) is 3.28. The lowest BCUT2D eigenvalue weighted by Gasteiger charge is -2.32. The van der Waals surface area contributed by atoms with Crippen LogP contribution in [0.5, 0.6) is 0 Å². The van der Waals surface area contributed by atoms with Crippen LogP contribution in [-0.4, -0.2) is 66.8 Å². The maximum absolute atomic E-state index is 13.5. The lowest BCUT2D eigenvalue weighted by molar-refractivity contribution is -0.0221. The van der Waals surface area contributed by atoms with Crippen molar-refractivity contribution in [3.63, 3.8) is 0 Å². The summed E-state index contributed by atoms with van der Waals surface area (Å²) in [7, 11) is -3.40. The van der Waals surface area contributed by atoms with E-state index in [2.05, 4.69) is 24.9 Å². The van der Waals surface area contributed by atoms with E-state index in [9.17, 15) is 17.2 Å². The molecule has 0 radical (unpaired) electrons. The van der Waals surface area contributed by atoms with E-state index in [-0.39, 0.29) is 25.9 Å². The average Bonchev–Trinajstić information content (AvgIpc) is 3.51. The molecule has 1 aromatic carbocycles. The van der Waals surface area contributed by atoms with Gasteiger partial charge in [-0.15, -0.1) is 5.10 Å². The van der Waals surface area contributed by atoms with Gasteiger partial charge in [0.2, 0.25) is 10.0 Å². The highest BCUT2D eigenvalue weighted by Crippen LogP contribution is 2.33. The fraction of sp³-hybridized carbons (Fsp3) is 0.435. The first kappa shape index (κ1) is 23.5. The molecular formula is C23H27F2N7O2S. The van der Waals surface area contributed by atoms with E-state index in [1.54, 1.807) is 16.9 Å². The first-order valence-corrected chi connectivity index (χ1v) is 13.5. The minimum Gasteiger partial charge on any atom is -0.370 e. The second-order valence-corrected chi connectivity index (χ2v) is 10.8. The molecule has 35 heavy (non-hydrogen) atoms. The normalized spacial score (nSPS) is 18.1. The van der Waals surface area contributed by atoms with Crippen molar-refractivity contribution < 1.29 is 17.2 Å². The fourth-order valence-corrected chi connectivity index (χ4v) is 5.07. The molecule has 0 amide bonds. The maximum atomic E-state index is 13.5. The molecule has 3 aromatic rings. The molecule has 1 N–H and O–H groups in total. The van der Waals surface area contributed by atoms with Gasteiger partial charge in [0, 0.05) is 39.0 Å². The van der Waals surface area contributed by atoms with Crippen molar-refractivity contribution in [2.24, 2.45) is 0 Å². The molecule has 0 unspecified atom stereocenters. The zero-order chi connectivity index (χ0) is 24.6. The van der Waals surface area contributed by atoms with Crippen molar-refractivity contribution in [3.8, 4) is 17.1 Å². The monoisotopic (exact) mass is 503 g/mol. The summed E-state index contributed by atoms with van der Waals surface area (Å²) in [5, 5.41) is 8.61. The van der Waals surface area contributed by atoms with Gasteiger partial charge >= 0.3 is 0 Å². The number of alkyl halides is 2. The fourth-order valence-electron chi connectivity index (χ4n) is 4.51. The Morgan fingerprint density at radius 3 is 2.40 bits per heavy atom. The molecule has 2 fully saturated rings. The summed E-state index contributed by atoms with van der Waals surface area (Å²) in [4.78, 5) is 8.72. The zero-order valence-corrected chi connectivity index (χ0v) is 20.2. The Bertz CT molecular complexity index is 1310. The molecular weight excluding hydrogens is 476 g/mol. The van der Waals surface area contributed by atoms with E-state index in [0.717, 1.165) is 43.6 Å². The smallest absolute Gasteiger partial charge is 0.251 e. The van der Waals surface area contributed by atoms with Crippen LogP contribution >= 0.6 is 0 Å². The van der Waals surface area contributed by atoms with Crippen LogP contribution in [0.3, 0.4) is 0 Å². The second kappa shape index (κ2) is 9.06. The largest absolute Gasteiger partial charge is 0.370 e. The standard InChI is InChI=1S/C23H27F2N7O2S/c1-35(33,34)28-17-7-8-20(21(15-17)30-11-2-3-12-30)32-16-19(27-29-32)18-5-4-6-22(26-18)31-13-9-23(24,25)10-14-31/h4-8,15-16,28H,2-3,9-14H2,1H3. The van der Waals surface area contributed by atoms with Gasteiger partial charge < -0.3 is 9.80 Å². The van der Waals surface area contributed by atoms with Gasteiger partial charge in [-0.25, -0.2) is 26.9 Å². The summed E-state index contributed by atoms with van der Waals surface area (Å²) in [6.07, 6.45) is 4.65. The van der Waals surface area contributed by atoms with Crippen LogP contribution in [0.1, 0.15) is 25.7 Å². The van der Waals surface area contributed by atoms with Gasteiger partial charge in [0.15, 0.2) is 0 Å². The summed E-state index contributed by atoms with van der Waals surface area (Å²) in [5.74, 6) is -1.97. The molecule has 2 aromatic heterocycles. The number of halogens is 2. The first-order chi connectivity index (χ1) is 16.7. The van der Waals surface area contributed by atoms with Crippen LogP contribution < -0.4 is 14.5 Å². The third kappa shape index (κ3) is 5.37. The second-order valence-electron chi connectivity index (χ2n) is 9.04. The van der Waals surface area contributed by atoms with Crippen LogP contribution in [0.25, 0.3) is 17.1 Å². The zero-order valence-electron chi connectivity index (χ0n) is 19.4. The molecule has 2 aliphatic rings. The van der Waals surface area contributed by atoms with Crippen molar-refractivity contribution in [1.29, 1.82) is 0 Å². The van der Waals surface area contributed by atoms with E-state index in [4.69, 9.17) is 0 Å². The van der Waals surface area contributed by atoms with E-state index in [1.807, 2.05) is 35.2 Å². The number of rotatable bonds is 6. The SMILES string of the molecule is CS(=O)(=O)Nc1ccc(-n2cc(-c3cccc(N4CCC(F)(F)CC4)n3)nn2)c(N2CCCC2)c1. The summed E-state index contributed by atoms with van der Waals surface area (Å²) < 4.78 is 54.7. The number of nitrogens with one attached hydrogen (secondary N) is 1. The van der Waals surface area contributed by atoms with E-state index < -0.39 is 15.9 Å². The number of piperidine rings is 1. The van der Waals surface area contributed by atoms with Crippen molar-refractivity contribution in [2.45, 2.75) is 31.6 Å². The van der Waals surface area contributed by atoms with Crippen molar-refractivity contribution in [2.75, 3.05) is 47.0 Å². The van der Waals surface area contributed by atoms with Crippen LogP contribution in [0.2, 0.25) is 0 Å². The molecule has 0 atom stereocenters. The van der Waals surface area contributed by atoms with Gasteiger partial charge in [0.1, 0.15) is 11.5 Å². The Hall–Kier alpha value is -3.28. The molecule has 0 spiro atoms. The quantitative estimate of drug-likeness (QED) is 0.550. The molecule has 12 heteroatoms. The molecule has 2 saturated heterocycles. The van der Waals surface area contributed by atoms with Gasteiger partial charge in [-0.2, -0.15) is 0 Å². The van der Waals surface area contributed by atoms with E-state index in [0.29, 0.717) is 22.9 Å². The van der Waals surface area contributed by atoms with Gasteiger partial charge in [0.05, 0.1) is 35.2 Å². The Labute approximate surface area is 202 Å². The summed E-state index contributed by atoms with van der Waals surface area (Å²) in [6, 6.07) is 10.8. The highest BCUT2D eigenvalue weighted by molar-refractivity contribution is 7.92. The Morgan fingerprint density at radius 2 is 1.69 bits per heavy atom. The number of benzene rings is 1. The van der Waals surface area contributed by atoms with Crippen LogP contribution in [0, 0.1) is 0 Å². The molecule has 0 aliphatic carbocycles. The summed E-state index contributed by atoms with van der Waals surface area (Å²) >= 11 is 0. The molecule has 186 valence electrons. The Kier molecular flexibility index (Phi) is 6.07. The van der Waals surface area contributed by atoms with Crippen molar-refractivity contribution in [1.82, 2.24) is 20.0 Å². The number of sulfonamides is 1. The van der Waals surface area contributed by atoms with Crippen LogP contribution in [-0.2, 0) is 10.0 Å². The Morgan fingerprint density at radius 1 is 0.943 bits per heavy atom. The molecule has 4 heterocycles. The topological polar surface area (TPSA) is 96.2 Å². The van der Waals surface area contributed by atoms with Gasteiger partial charge in [0.25, 0.3) is 5.92 Å². The molecule has 0 saturated carbocycles. The molecule has 2 aliphatic heterocycles. The highest BCUT2D eigenvalue weighted by Gasteiger charge is 2.34. The predicted molar refractivity (Wildman–Crippen MR) is 131 cm³/mol. The average molecular weight is 504 g/mol. The number of aromatic nitrogens is 4. The maximum Gasteiger partial charge on any atom is 0.251 e. The third-order valence-corrected chi connectivity index (χ3v) is 6.89. The van der Waals surface area contributed by atoms with Crippen molar-refractivity contribution in [3.05, 3.63) is 42.6 Å². The first-order valence-electron chi connectivity index (χ1n) is 11.6.